The molecule has 2 N–H and O–H groups in total. The van der Waals surface area contributed by atoms with Crippen LogP contribution in [0.1, 0.15) is 18.2 Å². The van der Waals surface area contributed by atoms with Crippen molar-refractivity contribution in [3.63, 3.8) is 0 Å². The number of aliphatic hydroxyl groups is 1. The van der Waals surface area contributed by atoms with E-state index < -0.39 is 0 Å². The van der Waals surface area contributed by atoms with Crippen molar-refractivity contribution < 1.29 is 9.90 Å². The van der Waals surface area contributed by atoms with Crippen molar-refractivity contribution in [3.05, 3.63) is 94.8 Å². The zero-order valence-corrected chi connectivity index (χ0v) is 16.8. The van der Waals surface area contributed by atoms with Gasteiger partial charge < -0.3 is 10.4 Å². The number of aliphatic hydroxyl groups excluding tert-OH is 1. The Labute approximate surface area is 174 Å². The second-order valence-corrected chi connectivity index (χ2v) is 6.72. The summed E-state index contributed by atoms with van der Waals surface area (Å²) in [5.41, 5.74) is 2.34. The van der Waals surface area contributed by atoms with Crippen molar-refractivity contribution in [2.75, 3.05) is 5.32 Å². The molecule has 0 atom stereocenters. The third kappa shape index (κ3) is 5.09. The molecule has 1 aromatic heterocycles. The fraction of sp³-hybridized carbons (Fsp3) is 0.0870. The quantitative estimate of drug-likeness (QED) is 0.186. The number of ketones is 1. The number of carbonyl (C=O) groups excluding carboxylic acids is 1. The van der Waals surface area contributed by atoms with Crippen LogP contribution < -0.4 is 5.32 Å². The number of aryl methyl sites for hydroxylation is 1. The number of anilines is 1. The fourth-order valence-electron chi connectivity index (χ4n) is 2.72. The van der Waals surface area contributed by atoms with Crippen LogP contribution in [0.25, 0.3) is 5.76 Å². The first kappa shape index (κ1) is 20.3. The van der Waals surface area contributed by atoms with Gasteiger partial charge in [0.15, 0.2) is 5.78 Å². The number of carbonyl (C=O) groups is 1. The summed E-state index contributed by atoms with van der Waals surface area (Å²) < 4.78 is 0. The molecule has 0 aliphatic carbocycles. The number of aliphatic imine (C=N–C) groups is 1. The Kier molecular flexibility index (Phi) is 6.42. The predicted octanol–water partition coefficient (Wildman–Crippen LogP) is 5.74. The summed E-state index contributed by atoms with van der Waals surface area (Å²) >= 11 is 6.22. The Morgan fingerprint density at radius 1 is 1.00 bits per heavy atom. The third-order valence-electron chi connectivity index (χ3n) is 4.10. The number of Topliss-reactive ketones (excluding diaryl/α,β-unsaturated/α-hetero) is 1. The summed E-state index contributed by atoms with van der Waals surface area (Å²) in [6.45, 7) is 3.16. The summed E-state index contributed by atoms with van der Waals surface area (Å²) in [6.07, 6.45) is 0. The molecule has 1 heterocycles. The van der Waals surface area contributed by atoms with E-state index in [0.717, 1.165) is 5.69 Å². The van der Waals surface area contributed by atoms with Crippen LogP contribution in [0.5, 0.6) is 0 Å². The van der Waals surface area contributed by atoms with E-state index in [1.807, 2.05) is 60.7 Å². The molecule has 3 rings (SSSR count). The van der Waals surface area contributed by atoms with E-state index in [1.54, 1.807) is 19.1 Å². The van der Waals surface area contributed by atoms with Gasteiger partial charge in [-0.15, -0.1) is 0 Å². The second kappa shape index (κ2) is 9.17. The number of para-hydroxylation sites is 2. The Hall–Kier alpha value is -3.44. The lowest BCUT2D eigenvalue weighted by molar-refractivity contribution is -0.113. The topological polar surface area (TPSA) is 74.6 Å². The average molecular weight is 406 g/mol. The molecular weight excluding hydrogens is 386 g/mol. The van der Waals surface area contributed by atoms with Crippen LogP contribution in [-0.2, 0) is 4.79 Å². The molecule has 0 radical (unpaired) electrons. The molecule has 0 spiro atoms. The monoisotopic (exact) mass is 405 g/mol. The molecule has 3 aromatic rings. The highest BCUT2D eigenvalue weighted by Gasteiger charge is 2.22. The Bertz CT molecular complexity index is 1080. The molecule has 0 amide bonds. The van der Waals surface area contributed by atoms with E-state index in [9.17, 15) is 9.90 Å². The molecule has 6 heteroatoms. The lowest BCUT2D eigenvalue weighted by Gasteiger charge is -2.15. The minimum atomic E-state index is -0.364. The van der Waals surface area contributed by atoms with Crippen LogP contribution in [0.2, 0.25) is 5.15 Å². The van der Waals surface area contributed by atoms with E-state index >= 15 is 0 Å². The lowest BCUT2D eigenvalue weighted by atomic mass is 10.0. The number of halogens is 1. The van der Waals surface area contributed by atoms with E-state index in [2.05, 4.69) is 15.3 Å². The van der Waals surface area contributed by atoms with Crippen molar-refractivity contribution in [2.45, 2.75) is 13.8 Å². The van der Waals surface area contributed by atoms with Gasteiger partial charge in [0.05, 0.1) is 11.3 Å². The van der Waals surface area contributed by atoms with Crippen molar-refractivity contribution in [1.29, 1.82) is 0 Å². The third-order valence-corrected chi connectivity index (χ3v) is 4.39. The maximum Gasteiger partial charge on any atom is 0.167 e. The van der Waals surface area contributed by atoms with E-state index in [1.165, 1.54) is 6.92 Å². The van der Waals surface area contributed by atoms with Gasteiger partial charge >= 0.3 is 0 Å². The Balaban J connectivity index is 2.18. The van der Waals surface area contributed by atoms with Gasteiger partial charge in [0.1, 0.15) is 22.3 Å². The van der Waals surface area contributed by atoms with Gasteiger partial charge in [-0.25, -0.2) is 9.98 Å². The summed E-state index contributed by atoms with van der Waals surface area (Å²) in [5.74, 6) is -0.436. The molecule has 0 saturated carbocycles. The Morgan fingerprint density at radius 2 is 1.62 bits per heavy atom. The molecule has 146 valence electrons. The van der Waals surface area contributed by atoms with Gasteiger partial charge in [-0.05, 0) is 50.2 Å². The van der Waals surface area contributed by atoms with Crippen molar-refractivity contribution in [3.8, 4) is 0 Å². The normalized spacial score (nSPS) is 12.3. The number of nitrogens with zero attached hydrogens (tertiary/aromatic N) is 2. The number of aromatic nitrogens is 1. The molecule has 0 unspecified atom stereocenters. The first-order valence-corrected chi connectivity index (χ1v) is 9.37. The number of amidine groups is 1. The molecule has 2 aromatic carbocycles. The highest BCUT2D eigenvalue weighted by molar-refractivity contribution is 6.33. The van der Waals surface area contributed by atoms with Gasteiger partial charge in [-0.3, -0.25) is 4.79 Å². The fourth-order valence-corrected chi connectivity index (χ4v) is 3.00. The SMILES string of the molecule is CC(=O)C(C(=Nc1ccccc1)Nc1ccccc1)=C(O)c1ccc(C)nc1Cl. The summed E-state index contributed by atoms with van der Waals surface area (Å²) in [5, 5.41) is 14.2. The van der Waals surface area contributed by atoms with Crippen LogP contribution >= 0.6 is 11.6 Å². The van der Waals surface area contributed by atoms with Gasteiger partial charge in [0, 0.05) is 11.4 Å². The number of hydrogen-bond donors (Lipinski definition) is 2. The van der Waals surface area contributed by atoms with Crippen LogP contribution in [0.4, 0.5) is 11.4 Å². The highest BCUT2D eigenvalue weighted by atomic mass is 35.5. The minimum Gasteiger partial charge on any atom is -0.506 e. The predicted molar refractivity (Wildman–Crippen MR) is 118 cm³/mol. The van der Waals surface area contributed by atoms with Crippen LogP contribution in [0, 0.1) is 6.92 Å². The van der Waals surface area contributed by atoms with E-state index in [-0.39, 0.29) is 33.7 Å². The van der Waals surface area contributed by atoms with Crippen LogP contribution in [-0.4, -0.2) is 21.7 Å². The second-order valence-electron chi connectivity index (χ2n) is 6.36. The summed E-state index contributed by atoms with van der Waals surface area (Å²) in [7, 11) is 0. The molecule has 0 fully saturated rings. The lowest BCUT2D eigenvalue weighted by Crippen LogP contribution is -2.21. The number of benzene rings is 2. The van der Waals surface area contributed by atoms with E-state index in [4.69, 9.17) is 11.6 Å². The first-order chi connectivity index (χ1) is 14.0. The zero-order valence-electron chi connectivity index (χ0n) is 16.1. The number of nitrogens with one attached hydrogen (secondary N) is 1. The van der Waals surface area contributed by atoms with Crippen LogP contribution in [0.15, 0.2) is 83.4 Å². The summed E-state index contributed by atoms with van der Waals surface area (Å²) in [4.78, 5) is 21.3. The van der Waals surface area contributed by atoms with Crippen LogP contribution in [0.3, 0.4) is 0 Å². The largest absolute Gasteiger partial charge is 0.506 e. The van der Waals surface area contributed by atoms with Gasteiger partial charge in [-0.1, -0.05) is 48.0 Å². The molecule has 0 saturated heterocycles. The maximum atomic E-state index is 12.6. The highest BCUT2D eigenvalue weighted by Crippen LogP contribution is 2.26. The van der Waals surface area contributed by atoms with Crippen molar-refractivity contribution in [2.24, 2.45) is 4.99 Å². The molecular formula is C23H20ClN3O2. The smallest absolute Gasteiger partial charge is 0.167 e. The molecule has 29 heavy (non-hydrogen) atoms. The molecule has 0 bridgehead atoms. The molecule has 5 nitrogen and oxygen atoms in total. The zero-order chi connectivity index (χ0) is 20.8. The van der Waals surface area contributed by atoms with E-state index in [0.29, 0.717) is 11.4 Å². The first-order valence-electron chi connectivity index (χ1n) is 8.99. The maximum absolute atomic E-state index is 12.6. The number of pyridine rings is 1. The molecule has 0 aliphatic heterocycles. The van der Waals surface area contributed by atoms with Gasteiger partial charge in [-0.2, -0.15) is 0 Å². The Morgan fingerprint density at radius 3 is 2.21 bits per heavy atom. The van der Waals surface area contributed by atoms with Gasteiger partial charge in [0.25, 0.3) is 0 Å². The van der Waals surface area contributed by atoms with Crippen molar-refractivity contribution >= 4 is 40.4 Å². The molecule has 0 aliphatic rings. The van der Waals surface area contributed by atoms with Gasteiger partial charge in [0.2, 0.25) is 0 Å². The standard InChI is InChI=1S/C23H20ClN3O2/c1-15-13-14-19(22(24)25-15)21(29)20(16(2)28)23(26-17-9-5-3-6-10-17)27-18-11-7-4-8-12-18/h3-14,29H,1-2H3,(H,26,27). The average Bonchev–Trinajstić information content (AvgIpc) is 2.69. The minimum absolute atomic E-state index is 0.0188. The number of hydrogen-bond acceptors (Lipinski definition) is 4. The number of rotatable bonds is 5. The summed E-state index contributed by atoms with van der Waals surface area (Å²) in [6, 6.07) is 21.8. The van der Waals surface area contributed by atoms with Crippen molar-refractivity contribution in [1.82, 2.24) is 4.98 Å².